The van der Waals surface area contributed by atoms with Crippen LogP contribution in [-0.2, 0) is 9.84 Å². The van der Waals surface area contributed by atoms with Gasteiger partial charge in [-0.1, -0.05) is 22.9 Å². The van der Waals surface area contributed by atoms with Gasteiger partial charge in [0, 0.05) is 5.33 Å². The molecule has 0 spiro atoms. The van der Waals surface area contributed by atoms with Crippen molar-refractivity contribution in [1.29, 1.82) is 0 Å². The first kappa shape index (κ1) is 14.8. The monoisotopic (exact) mass is 328 g/mol. The van der Waals surface area contributed by atoms with Crippen LogP contribution in [0.2, 0.25) is 0 Å². The molecule has 1 aliphatic rings. The van der Waals surface area contributed by atoms with E-state index < -0.39 is 9.84 Å². The van der Waals surface area contributed by atoms with Crippen LogP contribution >= 0.6 is 27.7 Å². The van der Waals surface area contributed by atoms with Gasteiger partial charge < -0.3 is 0 Å². The Balaban J connectivity index is 2.31. The maximum Gasteiger partial charge on any atom is 0.150 e. The number of halogens is 1. The third-order valence-corrected chi connectivity index (χ3v) is 6.81. The molecule has 0 radical (unpaired) electrons. The van der Waals surface area contributed by atoms with E-state index in [4.69, 9.17) is 0 Å². The Labute approximate surface area is 112 Å². The maximum atomic E-state index is 11.4. The Bertz CT molecular complexity index is 290. The summed E-state index contributed by atoms with van der Waals surface area (Å²) in [6.45, 7) is 2.18. The summed E-state index contributed by atoms with van der Waals surface area (Å²) in [6, 6.07) is 0. The molecule has 0 bridgehead atoms. The molecule has 1 saturated heterocycles. The van der Waals surface area contributed by atoms with Gasteiger partial charge in [-0.2, -0.15) is 11.8 Å². The topological polar surface area (TPSA) is 34.1 Å². The minimum Gasteiger partial charge on any atom is -0.229 e. The average Bonchev–Trinajstić information content (AvgIpc) is 2.59. The van der Waals surface area contributed by atoms with Crippen molar-refractivity contribution in [2.75, 3.05) is 28.3 Å². The molecule has 0 aromatic heterocycles. The fourth-order valence-electron chi connectivity index (χ4n) is 2.23. The maximum absolute atomic E-state index is 11.4. The zero-order valence-electron chi connectivity index (χ0n) is 9.82. The SMILES string of the molecule is CCSCCCC(CBr)C1CCS(=O)(=O)C1. The summed E-state index contributed by atoms with van der Waals surface area (Å²) in [4.78, 5) is 0. The van der Waals surface area contributed by atoms with E-state index in [1.807, 2.05) is 11.8 Å². The van der Waals surface area contributed by atoms with Crippen molar-refractivity contribution >= 4 is 37.5 Å². The number of hydrogen-bond acceptors (Lipinski definition) is 3. The molecular weight excluding hydrogens is 308 g/mol. The second-order valence-corrected chi connectivity index (χ2v) is 8.69. The highest BCUT2D eigenvalue weighted by molar-refractivity contribution is 9.09. The van der Waals surface area contributed by atoms with Crippen LogP contribution in [0.25, 0.3) is 0 Å². The molecule has 2 nitrogen and oxygen atoms in total. The first-order chi connectivity index (χ1) is 7.59. The molecule has 1 heterocycles. The zero-order valence-corrected chi connectivity index (χ0v) is 13.0. The van der Waals surface area contributed by atoms with E-state index in [1.54, 1.807) is 0 Å². The van der Waals surface area contributed by atoms with Crippen LogP contribution in [0.1, 0.15) is 26.2 Å². The molecule has 5 heteroatoms. The molecule has 1 rings (SSSR count). The molecular formula is C11H21BrO2S2. The Hall–Kier alpha value is 0.780. The van der Waals surface area contributed by atoms with Crippen molar-refractivity contribution in [3.05, 3.63) is 0 Å². The first-order valence-corrected chi connectivity index (χ1v) is 10.0. The smallest absolute Gasteiger partial charge is 0.150 e. The van der Waals surface area contributed by atoms with Crippen LogP contribution in [0.5, 0.6) is 0 Å². The minimum absolute atomic E-state index is 0.399. The Morgan fingerprint density at radius 1 is 1.50 bits per heavy atom. The second kappa shape index (κ2) is 7.27. The molecule has 0 aromatic carbocycles. The summed E-state index contributed by atoms with van der Waals surface area (Å²) in [7, 11) is -2.71. The molecule has 0 saturated carbocycles. The van der Waals surface area contributed by atoms with Gasteiger partial charge in [0.15, 0.2) is 9.84 Å². The van der Waals surface area contributed by atoms with E-state index in [2.05, 4.69) is 22.9 Å². The minimum atomic E-state index is -2.71. The van der Waals surface area contributed by atoms with Gasteiger partial charge in [0.2, 0.25) is 0 Å². The zero-order chi connectivity index (χ0) is 12.0. The first-order valence-electron chi connectivity index (χ1n) is 5.93. The third kappa shape index (κ3) is 4.96. The molecule has 1 fully saturated rings. The highest BCUT2D eigenvalue weighted by Gasteiger charge is 2.32. The summed E-state index contributed by atoms with van der Waals surface area (Å²) in [5.74, 6) is 4.16. The van der Waals surface area contributed by atoms with E-state index in [1.165, 1.54) is 24.3 Å². The number of rotatable bonds is 7. The number of sulfone groups is 1. The van der Waals surface area contributed by atoms with E-state index in [0.717, 1.165) is 11.8 Å². The number of alkyl halides is 1. The van der Waals surface area contributed by atoms with E-state index >= 15 is 0 Å². The summed E-state index contributed by atoms with van der Waals surface area (Å²) >= 11 is 5.50. The fourth-order valence-corrected chi connectivity index (χ4v) is 5.66. The Morgan fingerprint density at radius 2 is 2.25 bits per heavy atom. The van der Waals surface area contributed by atoms with Crippen molar-refractivity contribution in [1.82, 2.24) is 0 Å². The highest BCUT2D eigenvalue weighted by Crippen LogP contribution is 2.30. The third-order valence-electron chi connectivity index (χ3n) is 3.20. The molecule has 2 unspecified atom stereocenters. The van der Waals surface area contributed by atoms with Crippen molar-refractivity contribution in [2.24, 2.45) is 11.8 Å². The molecule has 1 aliphatic heterocycles. The predicted octanol–water partition coefficient (Wildman–Crippen LogP) is 2.97. The van der Waals surface area contributed by atoms with Crippen LogP contribution in [0.3, 0.4) is 0 Å². The molecule has 0 amide bonds. The van der Waals surface area contributed by atoms with Crippen LogP contribution < -0.4 is 0 Å². The lowest BCUT2D eigenvalue weighted by atomic mass is 9.90. The standard InChI is InChI=1S/C11H21BrO2S2/c1-2-15-6-3-4-10(8-12)11-5-7-16(13,14)9-11/h10-11H,2-9H2,1H3. The number of hydrogen-bond donors (Lipinski definition) is 0. The van der Waals surface area contributed by atoms with Crippen LogP contribution in [0, 0.1) is 11.8 Å². The van der Waals surface area contributed by atoms with Gasteiger partial charge in [-0.25, -0.2) is 8.42 Å². The predicted molar refractivity (Wildman–Crippen MR) is 76.3 cm³/mol. The van der Waals surface area contributed by atoms with Crippen molar-refractivity contribution < 1.29 is 8.42 Å². The highest BCUT2D eigenvalue weighted by atomic mass is 79.9. The molecule has 0 aliphatic carbocycles. The fraction of sp³-hybridized carbons (Fsp3) is 1.00. The average molecular weight is 329 g/mol. The Morgan fingerprint density at radius 3 is 2.75 bits per heavy atom. The lowest BCUT2D eigenvalue weighted by Crippen LogP contribution is -2.18. The quantitative estimate of drug-likeness (QED) is 0.532. The van der Waals surface area contributed by atoms with Crippen molar-refractivity contribution in [3.8, 4) is 0 Å². The van der Waals surface area contributed by atoms with Crippen molar-refractivity contribution in [3.63, 3.8) is 0 Å². The summed E-state index contributed by atoms with van der Waals surface area (Å²) in [5, 5.41) is 0.948. The largest absolute Gasteiger partial charge is 0.229 e. The van der Waals surface area contributed by atoms with Gasteiger partial charge in [0.1, 0.15) is 0 Å². The summed E-state index contributed by atoms with van der Waals surface area (Å²) in [6.07, 6.45) is 3.25. The van der Waals surface area contributed by atoms with Gasteiger partial charge in [0.25, 0.3) is 0 Å². The lowest BCUT2D eigenvalue weighted by molar-refractivity contribution is 0.378. The number of thioether (sulfide) groups is 1. The van der Waals surface area contributed by atoms with Crippen LogP contribution in [0.4, 0.5) is 0 Å². The summed E-state index contributed by atoms with van der Waals surface area (Å²) < 4.78 is 22.8. The summed E-state index contributed by atoms with van der Waals surface area (Å²) in [5.41, 5.74) is 0. The molecule has 0 N–H and O–H groups in total. The van der Waals surface area contributed by atoms with Crippen LogP contribution in [0.15, 0.2) is 0 Å². The van der Waals surface area contributed by atoms with Gasteiger partial charge in [0.05, 0.1) is 11.5 Å². The normalized spacial score (nSPS) is 25.8. The lowest BCUT2D eigenvalue weighted by Gasteiger charge is -2.19. The molecule has 96 valence electrons. The van der Waals surface area contributed by atoms with Crippen LogP contribution in [-0.4, -0.2) is 36.8 Å². The van der Waals surface area contributed by atoms with E-state index in [-0.39, 0.29) is 0 Å². The molecule has 2 atom stereocenters. The Kier molecular flexibility index (Phi) is 6.74. The van der Waals surface area contributed by atoms with E-state index in [0.29, 0.717) is 23.3 Å². The van der Waals surface area contributed by atoms with Gasteiger partial charge in [-0.3, -0.25) is 0 Å². The molecule has 16 heavy (non-hydrogen) atoms. The van der Waals surface area contributed by atoms with Gasteiger partial charge >= 0.3 is 0 Å². The van der Waals surface area contributed by atoms with Gasteiger partial charge in [-0.15, -0.1) is 0 Å². The van der Waals surface area contributed by atoms with Crippen molar-refractivity contribution in [2.45, 2.75) is 26.2 Å². The second-order valence-electron chi connectivity index (χ2n) is 4.42. The van der Waals surface area contributed by atoms with Gasteiger partial charge in [-0.05, 0) is 42.6 Å². The van der Waals surface area contributed by atoms with E-state index in [9.17, 15) is 8.42 Å². The molecule has 0 aromatic rings.